The molecule has 1 atom stereocenters. The van der Waals surface area contributed by atoms with Crippen molar-refractivity contribution in [3.05, 3.63) is 65.5 Å². The fourth-order valence-corrected chi connectivity index (χ4v) is 2.98. The Morgan fingerprint density at radius 1 is 1.24 bits per heavy atom. The summed E-state index contributed by atoms with van der Waals surface area (Å²) < 4.78 is 32.3. The van der Waals surface area contributed by atoms with E-state index >= 15 is 0 Å². The summed E-state index contributed by atoms with van der Waals surface area (Å²) in [7, 11) is 0. The second-order valence-corrected chi connectivity index (χ2v) is 6.18. The molecule has 25 heavy (non-hydrogen) atoms. The maximum Gasteiger partial charge on any atom is 0.227 e. The van der Waals surface area contributed by atoms with Crippen LogP contribution in [-0.4, -0.2) is 35.0 Å². The van der Waals surface area contributed by atoms with E-state index in [-0.39, 0.29) is 18.4 Å². The van der Waals surface area contributed by atoms with Crippen LogP contribution in [0.15, 0.2) is 42.6 Å². The zero-order chi connectivity index (χ0) is 17.6. The van der Waals surface area contributed by atoms with Crippen LogP contribution in [0.25, 0.3) is 0 Å². The Kier molecular flexibility index (Phi) is 5.71. The summed E-state index contributed by atoms with van der Waals surface area (Å²) in [6.07, 6.45) is 3.49. The van der Waals surface area contributed by atoms with Crippen molar-refractivity contribution < 1.29 is 18.3 Å². The number of pyridine rings is 1. The molecule has 132 valence electrons. The number of nitrogens with zero attached hydrogens (tertiary/aromatic N) is 2. The highest BCUT2D eigenvalue weighted by Crippen LogP contribution is 2.16. The fraction of sp³-hybridized carbons (Fsp3) is 0.368. The van der Waals surface area contributed by atoms with Crippen molar-refractivity contribution in [2.45, 2.75) is 31.9 Å². The minimum absolute atomic E-state index is 0.00286. The van der Waals surface area contributed by atoms with Gasteiger partial charge in [0.25, 0.3) is 0 Å². The Labute approximate surface area is 145 Å². The normalized spacial score (nSPS) is 16.8. The summed E-state index contributed by atoms with van der Waals surface area (Å²) in [5.41, 5.74) is 1.08. The quantitative estimate of drug-likeness (QED) is 0.807. The highest BCUT2D eigenvalue weighted by molar-refractivity contribution is 5.78. The Bertz CT molecular complexity index is 698. The Morgan fingerprint density at radius 2 is 2.04 bits per heavy atom. The Balaban J connectivity index is 1.73. The molecule has 0 unspecified atom stereocenters. The van der Waals surface area contributed by atoms with Gasteiger partial charge in [0.1, 0.15) is 11.6 Å². The molecule has 0 spiro atoms. The molecular formula is C19H20F2N2O2. The molecule has 0 aliphatic carbocycles. The molecule has 0 N–H and O–H groups in total. The minimum Gasteiger partial charge on any atom is -0.376 e. The van der Waals surface area contributed by atoms with Gasteiger partial charge in [-0.2, -0.15) is 0 Å². The summed E-state index contributed by atoms with van der Waals surface area (Å²) in [5.74, 6) is -1.57. The molecule has 6 heteroatoms. The molecule has 3 rings (SSSR count). The first-order valence-corrected chi connectivity index (χ1v) is 8.34. The number of aromatic nitrogens is 1. The van der Waals surface area contributed by atoms with E-state index in [4.69, 9.17) is 4.74 Å². The number of hydrogen-bond donors (Lipinski definition) is 0. The molecule has 1 amide bonds. The van der Waals surface area contributed by atoms with Gasteiger partial charge in [-0.1, -0.05) is 6.07 Å². The van der Waals surface area contributed by atoms with E-state index < -0.39 is 11.6 Å². The molecule has 1 aromatic carbocycles. The number of halogens is 2. The van der Waals surface area contributed by atoms with E-state index in [0.717, 1.165) is 24.6 Å². The van der Waals surface area contributed by atoms with Gasteiger partial charge in [0.2, 0.25) is 5.91 Å². The number of rotatable bonds is 6. The van der Waals surface area contributed by atoms with Gasteiger partial charge in [0.15, 0.2) is 0 Å². The van der Waals surface area contributed by atoms with Crippen molar-refractivity contribution in [3.63, 3.8) is 0 Å². The average molecular weight is 346 g/mol. The van der Waals surface area contributed by atoms with E-state index in [1.165, 1.54) is 12.1 Å². The van der Waals surface area contributed by atoms with Crippen LogP contribution in [-0.2, 0) is 22.5 Å². The van der Waals surface area contributed by atoms with Crippen molar-refractivity contribution in [2.75, 3.05) is 13.2 Å². The largest absolute Gasteiger partial charge is 0.376 e. The maximum atomic E-state index is 13.4. The number of amides is 1. The van der Waals surface area contributed by atoms with E-state index in [0.29, 0.717) is 25.3 Å². The minimum atomic E-state index is -0.682. The van der Waals surface area contributed by atoms with Crippen LogP contribution in [0.1, 0.15) is 24.1 Å². The summed E-state index contributed by atoms with van der Waals surface area (Å²) in [5, 5.41) is 0. The van der Waals surface area contributed by atoms with E-state index in [2.05, 4.69) is 4.98 Å². The third-order valence-corrected chi connectivity index (χ3v) is 4.16. The lowest BCUT2D eigenvalue weighted by atomic mass is 10.1. The lowest BCUT2D eigenvalue weighted by Gasteiger charge is -2.25. The van der Waals surface area contributed by atoms with Gasteiger partial charge in [0.05, 0.1) is 24.8 Å². The number of benzene rings is 1. The Morgan fingerprint density at radius 3 is 2.68 bits per heavy atom. The zero-order valence-electron chi connectivity index (χ0n) is 13.8. The van der Waals surface area contributed by atoms with Crippen molar-refractivity contribution in [1.29, 1.82) is 0 Å². The first kappa shape index (κ1) is 17.5. The van der Waals surface area contributed by atoms with Crippen molar-refractivity contribution >= 4 is 5.91 Å². The predicted octanol–water partition coefficient (Wildman–Crippen LogP) is 3.11. The van der Waals surface area contributed by atoms with Gasteiger partial charge in [-0.15, -0.1) is 0 Å². The smallest absolute Gasteiger partial charge is 0.227 e. The van der Waals surface area contributed by atoms with Crippen LogP contribution in [0.5, 0.6) is 0 Å². The third kappa shape index (κ3) is 5.06. The topological polar surface area (TPSA) is 42.4 Å². The van der Waals surface area contributed by atoms with Crippen molar-refractivity contribution in [3.8, 4) is 0 Å². The molecule has 0 bridgehead atoms. The van der Waals surface area contributed by atoms with Crippen LogP contribution < -0.4 is 0 Å². The molecule has 2 aromatic rings. The van der Waals surface area contributed by atoms with Gasteiger partial charge in [0, 0.05) is 25.4 Å². The molecule has 1 aliphatic heterocycles. The van der Waals surface area contributed by atoms with E-state index in [1.54, 1.807) is 11.1 Å². The highest BCUT2D eigenvalue weighted by atomic mass is 19.1. The van der Waals surface area contributed by atoms with E-state index in [1.807, 2.05) is 18.2 Å². The van der Waals surface area contributed by atoms with Crippen molar-refractivity contribution in [2.24, 2.45) is 0 Å². The van der Waals surface area contributed by atoms with Gasteiger partial charge < -0.3 is 9.64 Å². The maximum absolute atomic E-state index is 13.4. The summed E-state index contributed by atoms with van der Waals surface area (Å²) >= 11 is 0. The zero-order valence-corrected chi connectivity index (χ0v) is 13.8. The van der Waals surface area contributed by atoms with Crippen LogP contribution in [0.2, 0.25) is 0 Å². The van der Waals surface area contributed by atoms with Crippen LogP contribution in [0.3, 0.4) is 0 Å². The van der Waals surface area contributed by atoms with Crippen LogP contribution in [0, 0.1) is 11.6 Å². The summed E-state index contributed by atoms with van der Waals surface area (Å²) in [6.45, 7) is 1.50. The first-order chi connectivity index (χ1) is 12.1. The lowest BCUT2D eigenvalue weighted by Crippen LogP contribution is -2.38. The van der Waals surface area contributed by atoms with E-state index in [9.17, 15) is 13.6 Å². The number of carbonyl (C=O) groups excluding carboxylic acids is 1. The number of carbonyl (C=O) groups is 1. The molecule has 1 saturated heterocycles. The first-order valence-electron chi connectivity index (χ1n) is 8.34. The average Bonchev–Trinajstić information content (AvgIpc) is 3.07. The second kappa shape index (κ2) is 8.16. The van der Waals surface area contributed by atoms with Crippen LogP contribution in [0.4, 0.5) is 8.78 Å². The standard InChI is InChI=1S/C19H20F2N2O2/c20-15-8-14(9-16(21)11-15)10-19(24)23(13-18-5-3-7-25-18)12-17-4-1-2-6-22-17/h1-2,4,6,8-9,11,18H,3,5,7,10,12-13H2/t18-/m1/s1. The molecule has 0 saturated carbocycles. The predicted molar refractivity (Wildman–Crippen MR) is 88.7 cm³/mol. The summed E-state index contributed by atoms with van der Waals surface area (Å²) in [4.78, 5) is 18.6. The number of ether oxygens (including phenoxy) is 1. The molecule has 4 nitrogen and oxygen atoms in total. The van der Waals surface area contributed by atoms with Gasteiger partial charge >= 0.3 is 0 Å². The van der Waals surface area contributed by atoms with Gasteiger partial charge in [-0.05, 0) is 42.7 Å². The third-order valence-electron chi connectivity index (χ3n) is 4.16. The molecule has 1 aliphatic rings. The van der Waals surface area contributed by atoms with Crippen molar-refractivity contribution in [1.82, 2.24) is 9.88 Å². The second-order valence-electron chi connectivity index (χ2n) is 6.18. The Hall–Kier alpha value is -2.34. The summed E-state index contributed by atoms with van der Waals surface area (Å²) in [6, 6.07) is 8.69. The molecule has 2 heterocycles. The van der Waals surface area contributed by atoms with Gasteiger partial charge in [-0.3, -0.25) is 9.78 Å². The fourth-order valence-electron chi connectivity index (χ4n) is 2.98. The number of hydrogen-bond acceptors (Lipinski definition) is 3. The molecule has 1 fully saturated rings. The lowest BCUT2D eigenvalue weighted by molar-refractivity contribution is -0.132. The molecule has 1 aromatic heterocycles. The monoisotopic (exact) mass is 346 g/mol. The van der Waals surface area contributed by atoms with Crippen LogP contribution >= 0.6 is 0 Å². The SMILES string of the molecule is O=C(Cc1cc(F)cc(F)c1)N(Cc1ccccn1)C[C@H]1CCCO1. The molecule has 0 radical (unpaired) electrons. The highest BCUT2D eigenvalue weighted by Gasteiger charge is 2.23. The van der Waals surface area contributed by atoms with Gasteiger partial charge in [-0.25, -0.2) is 8.78 Å². The molecular weight excluding hydrogens is 326 g/mol.